The van der Waals surface area contributed by atoms with Crippen LogP contribution in [0.25, 0.3) is 0 Å². The van der Waals surface area contributed by atoms with Gasteiger partial charge in [-0.05, 0) is 51.8 Å². The number of benzene rings is 1. The molecule has 0 unspecified atom stereocenters. The number of halogens is 2. The molecule has 1 aromatic heterocycles. The second-order valence-electron chi connectivity index (χ2n) is 3.92. The lowest BCUT2D eigenvalue weighted by Gasteiger charge is -2.06. The first-order chi connectivity index (χ1) is 9.10. The number of ketones is 1. The molecule has 2 rings (SSSR count). The van der Waals surface area contributed by atoms with Crippen LogP contribution in [0.3, 0.4) is 0 Å². The molecule has 19 heavy (non-hydrogen) atoms. The SMILES string of the molecule is COc1ccc(Br)c(CC(=O)c2ccc(Br)cn2)c1. The van der Waals surface area contributed by atoms with Gasteiger partial charge in [-0.15, -0.1) is 0 Å². The Morgan fingerprint density at radius 1 is 1.26 bits per heavy atom. The van der Waals surface area contributed by atoms with Crippen LogP contribution in [-0.4, -0.2) is 17.9 Å². The van der Waals surface area contributed by atoms with E-state index in [0.29, 0.717) is 5.69 Å². The van der Waals surface area contributed by atoms with Crippen LogP contribution in [-0.2, 0) is 6.42 Å². The number of carbonyl (C=O) groups is 1. The van der Waals surface area contributed by atoms with Crippen molar-refractivity contribution in [3.05, 3.63) is 56.7 Å². The Hall–Kier alpha value is -1.20. The van der Waals surface area contributed by atoms with Gasteiger partial charge in [0.25, 0.3) is 0 Å². The lowest BCUT2D eigenvalue weighted by molar-refractivity contribution is 0.0988. The average Bonchev–Trinajstić information content (AvgIpc) is 2.42. The molecule has 0 saturated carbocycles. The van der Waals surface area contributed by atoms with Gasteiger partial charge in [-0.1, -0.05) is 15.9 Å². The summed E-state index contributed by atoms with van der Waals surface area (Å²) in [5.74, 6) is 0.705. The van der Waals surface area contributed by atoms with Gasteiger partial charge in [0.1, 0.15) is 11.4 Å². The Balaban J connectivity index is 2.21. The second kappa shape index (κ2) is 6.30. The van der Waals surface area contributed by atoms with Crippen molar-refractivity contribution in [1.29, 1.82) is 0 Å². The first kappa shape index (κ1) is 14.2. The smallest absolute Gasteiger partial charge is 0.185 e. The standard InChI is InChI=1S/C14H11Br2NO2/c1-19-11-3-4-12(16)9(6-11)7-14(18)13-5-2-10(15)8-17-13/h2-6,8H,7H2,1H3. The quantitative estimate of drug-likeness (QED) is 0.746. The number of hydrogen-bond donors (Lipinski definition) is 0. The lowest BCUT2D eigenvalue weighted by atomic mass is 10.1. The summed E-state index contributed by atoms with van der Waals surface area (Å²) in [5.41, 5.74) is 1.34. The van der Waals surface area contributed by atoms with E-state index in [1.54, 1.807) is 25.4 Å². The van der Waals surface area contributed by atoms with Crippen LogP contribution >= 0.6 is 31.9 Å². The van der Waals surface area contributed by atoms with Crippen LogP contribution in [0.15, 0.2) is 45.5 Å². The lowest BCUT2D eigenvalue weighted by Crippen LogP contribution is -2.06. The van der Waals surface area contributed by atoms with Crippen molar-refractivity contribution in [2.75, 3.05) is 7.11 Å². The van der Waals surface area contributed by atoms with Gasteiger partial charge in [0.05, 0.1) is 7.11 Å². The molecular formula is C14H11Br2NO2. The van der Waals surface area contributed by atoms with E-state index in [4.69, 9.17) is 4.74 Å². The minimum Gasteiger partial charge on any atom is -0.497 e. The largest absolute Gasteiger partial charge is 0.497 e. The number of hydrogen-bond acceptors (Lipinski definition) is 3. The van der Waals surface area contributed by atoms with Crippen LogP contribution in [0.2, 0.25) is 0 Å². The van der Waals surface area contributed by atoms with E-state index >= 15 is 0 Å². The maximum atomic E-state index is 12.1. The fourth-order valence-electron chi connectivity index (χ4n) is 1.62. The molecular weight excluding hydrogens is 374 g/mol. The molecule has 0 radical (unpaired) electrons. The number of ether oxygens (including phenoxy) is 1. The van der Waals surface area contributed by atoms with Crippen molar-refractivity contribution in [2.24, 2.45) is 0 Å². The molecule has 0 fully saturated rings. The van der Waals surface area contributed by atoms with E-state index in [2.05, 4.69) is 36.8 Å². The fraction of sp³-hybridized carbons (Fsp3) is 0.143. The Morgan fingerprint density at radius 3 is 2.68 bits per heavy atom. The van der Waals surface area contributed by atoms with Gasteiger partial charge in [0.2, 0.25) is 0 Å². The van der Waals surface area contributed by atoms with Crippen LogP contribution in [0.5, 0.6) is 5.75 Å². The van der Waals surface area contributed by atoms with Crippen LogP contribution in [0, 0.1) is 0 Å². The molecule has 0 aliphatic carbocycles. The van der Waals surface area contributed by atoms with Gasteiger partial charge < -0.3 is 4.74 Å². The summed E-state index contributed by atoms with van der Waals surface area (Å²) in [6.45, 7) is 0. The highest BCUT2D eigenvalue weighted by molar-refractivity contribution is 9.10. The zero-order valence-electron chi connectivity index (χ0n) is 10.2. The van der Waals surface area contributed by atoms with Crippen molar-refractivity contribution in [3.8, 4) is 5.75 Å². The molecule has 2 aromatic rings. The van der Waals surface area contributed by atoms with Gasteiger partial charge in [-0.25, -0.2) is 0 Å². The van der Waals surface area contributed by atoms with Crippen molar-refractivity contribution in [2.45, 2.75) is 6.42 Å². The third kappa shape index (κ3) is 3.64. The minimum atomic E-state index is -0.0264. The summed E-state index contributed by atoms with van der Waals surface area (Å²) in [6, 6.07) is 9.08. The maximum absolute atomic E-state index is 12.1. The Bertz CT molecular complexity index is 597. The molecule has 0 saturated heterocycles. The monoisotopic (exact) mass is 383 g/mol. The van der Waals surface area contributed by atoms with Gasteiger partial charge in [-0.3, -0.25) is 9.78 Å². The number of nitrogens with zero attached hydrogens (tertiary/aromatic N) is 1. The summed E-state index contributed by atoms with van der Waals surface area (Å²) in [4.78, 5) is 16.2. The van der Waals surface area contributed by atoms with Crippen LogP contribution in [0.4, 0.5) is 0 Å². The van der Waals surface area contributed by atoms with Crippen molar-refractivity contribution in [3.63, 3.8) is 0 Å². The first-order valence-electron chi connectivity index (χ1n) is 5.57. The number of pyridine rings is 1. The van der Waals surface area contributed by atoms with Crippen LogP contribution < -0.4 is 4.74 Å². The second-order valence-corrected chi connectivity index (χ2v) is 5.69. The average molecular weight is 385 g/mol. The third-order valence-corrected chi connectivity index (χ3v) is 3.86. The summed E-state index contributed by atoms with van der Waals surface area (Å²) >= 11 is 6.73. The van der Waals surface area contributed by atoms with Gasteiger partial charge >= 0.3 is 0 Å². The molecule has 0 aliphatic heterocycles. The molecule has 0 amide bonds. The van der Waals surface area contributed by atoms with Gasteiger partial charge in [0, 0.05) is 21.6 Å². The van der Waals surface area contributed by atoms with E-state index in [0.717, 1.165) is 20.3 Å². The Labute approximate surface area is 128 Å². The molecule has 0 aliphatic rings. The Kier molecular flexibility index (Phi) is 4.71. The van der Waals surface area contributed by atoms with Gasteiger partial charge in [0.15, 0.2) is 5.78 Å². The van der Waals surface area contributed by atoms with Crippen LogP contribution in [0.1, 0.15) is 16.1 Å². The number of Topliss-reactive ketones (excluding diaryl/α,β-unsaturated/α-hetero) is 1. The first-order valence-corrected chi connectivity index (χ1v) is 7.16. The van der Waals surface area contributed by atoms with E-state index < -0.39 is 0 Å². The molecule has 1 aromatic carbocycles. The molecule has 0 N–H and O–H groups in total. The molecule has 0 spiro atoms. The molecule has 0 atom stereocenters. The van der Waals surface area contributed by atoms with Crippen molar-refractivity contribution < 1.29 is 9.53 Å². The van der Waals surface area contributed by atoms with E-state index in [-0.39, 0.29) is 12.2 Å². The normalized spacial score (nSPS) is 10.3. The summed E-state index contributed by atoms with van der Waals surface area (Å²) < 4.78 is 6.90. The number of carbonyl (C=O) groups excluding carboxylic acids is 1. The Morgan fingerprint density at radius 2 is 2.05 bits per heavy atom. The highest BCUT2D eigenvalue weighted by atomic mass is 79.9. The summed E-state index contributed by atoms with van der Waals surface area (Å²) in [7, 11) is 1.60. The number of rotatable bonds is 4. The predicted octanol–water partition coefficient (Wildman–Crippen LogP) is 4.04. The van der Waals surface area contributed by atoms with E-state index in [1.165, 1.54) is 0 Å². The molecule has 3 nitrogen and oxygen atoms in total. The number of methoxy groups -OCH3 is 1. The van der Waals surface area contributed by atoms with Crippen molar-refractivity contribution in [1.82, 2.24) is 4.98 Å². The van der Waals surface area contributed by atoms with E-state index in [1.807, 2.05) is 18.2 Å². The molecule has 5 heteroatoms. The number of aromatic nitrogens is 1. The summed E-state index contributed by atoms with van der Waals surface area (Å²) in [6.07, 6.45) is 1.90. The zero-order valence-corrected chi connectivity index (χ0v) is 13.4. The maximum Gasteiger partial charge on any atom is 0.185 e. The highest BCUT2D eigenvalue weighted by Gasteiger charge is 2.11. The topological polar surface area (TPSA) is 39.2 Å². The zero-order chi connectivity index (χ0) is 13.8. The molecule has 98 valence electrons. The highest BCUT2D eigenvalue weighted by Crippen LogP contribution is 2.23. The predicted molar refractivity (Wildman–Crippen MR) is 80.7 cm³/mol. The van der Waals surface area contributed by atoms with Gasteiger partial charge in [-0.2, -0.15) is 0 Å². The minimum absolute atomic E-state index is 0.0264. The molecule has 0 bridgehead atoms. The third-order valence-electron chi connectivity index (χ3n) is 2.62. The fourth-order valence-corrected chi connectivity index (χ4v) is 2.24. The summed E-state index contributed by atoms with van der Waals surface area (Å²) in [5, 5.41) is 0. The van der Waals surface area contributed by atoms with E-state index in [9.17, 15) is 4.79 Å². The van der Waals surface area contributed by atoms with Crippen molar-refractivity contribution >= 4 is 37.6 Å². The molecule has 1 heterocycles.